The Balaban J connectivity index is 2.77. The number of benzene rings is 1. The first-order chi connectivity index (χ1) is 11.5. The van der Waals surface area contributed by atoms with Crippen molar-refractivity contribution in [1.82, 2.24) is 15.5 Å². The summed E-state index contributed by atoms with van der Waals surface area (Å²) in [7, 11) is 1.54. The molecule has 0 saturated carbocycles. The highest BCUT2D eigenvalue weighted by Gasteiger charge is 2.18. The van der Waals surface area contributed by atoms with E-state index in [1.807, 2.05) is 34.6 Å². The van der Waals surface area contributed by atoms with Gasteiger partial charge in [0.05, 0.1) is 0 Å². The number of hydrogen-bond donors (Lipinski definition) is 3. The molecule has 4 amide bonds. The molecule has 0 aliphatic heterocycles. The molecule has 25 heavy (non-hydrogen) atoms. The first-order valence-corrected chi connectivity index (χ1v) is 8.25. The summed E-state index contributed by atoms with van der Waals surface area (Å²) < 4.78 is 0. The predicted molar refractivity (Wildman–Crippen MR) is 98.7 cm³/mol. The predicted octanol–water partition coefficient (Wildman–Crippen LogP) is 2.12. The van der Waals surface area contributed by atoms with Gasteiger partial charge in [0.15, 0.2) is 0 Å². The van der Waals surface area contributed by atoms with Crippen LogP contribution in [-0.2, 0) is 4.79 Å². The number of rotatable bonds is 5. The summed E-state index contributed by atoms with van der Waals surface area (Å²) in [5.74, 6) is -0.436. The highest BCUT2D eigenvalue weighted by molar-refractivity contribution is 5.98. The molecule has 0 saturated heterocycles. The maximum Gasteiger partial charge on any atom is 0.322 e. The number of nitrogens with zero attached hydrogens (tertiary/aromatic N) is 1. The third-order valence-electron chi connectivity index (χ3n) is 3.32. The molecule has 0 aromatic heterocycles. The van der Waals surface area contributed by atoms with Crippen LogP contribution in [0.3, 0.4) is 0 Å². The summed E-state index contributed by atoms with van der Waals surface area (Å²) in [6, 6.07) is 4.68. The fourth-order valence-corrected chi connectivity index (χ4v) is 2.12. The molecule has 1 aromatic carbocycles. The van der Waals surface area contributed by atoms with Gasteiger partial charge in [-0.3, -0.25) is 9.59 Å². The summed E-state index contributed by atoms with van der Waals surface area (Å²) in [6.45, 7) is 9.78. The number of urea groups is 1. The van der Waals surface area contributed by atoms with Gasteiger partial charge in [-0.1, -0.05) is 6.07 Å². The summed E-state index contributed by atoms with van der Waals surface area (Å²) in [4.78, 5) is 37.4. The van der Waals surface area contributed by atoms with E-state index in [9.17, 15) is 14.4 Å². The third kappa shape index (κ3) is 6.82. The lowest BCUT2D eigenvalue weighted by Gasteiger charge is -2.23. The zero-order valence-corrected chi connectivity index (χ0v) is 15.8. The van der Waals surface area contributed by atoms with Gasteiger partial charge in [-0.05, 0) is 52.3 Å². The Kier molecular flexibility index (Phi) is 6.97. The molecule has 0 spiro atoms. The minimum Gasteiger partial charge on any atom is -0.352 e. The van der Waals surface area contributed by atoms with Gasteiger partial charge in [-0.2, -0.15) is 0 Å². The second kappa shape index (κ2) is 8.50. The fraction of sp³-hybridized carbons (Fsp3) is 0.500. The van der Waals surface area contributed by atoms with Crippen LogP contribution in [0.1, 0.15) is 43.6 Å². The van der Waals surface area contributed by atoms with E-state index in [2.05, 4.69) is 16.0 Å². The maximum absolute atomic E-state index is 12.3. The molecule has 3 N–H and O–H groups in total. The van der Waals surface area contributed by atoms with E-state index < -0.39 is 6.03 Å². The Hall–Kier alpha value is -2.57. The van der Waals surface area contributed by atoms with Crippen molar-refractivity contribution in [1.29, 1.82) is 0 Å². The van der Waals surface area contributed by atoms with Gasteiger partial charge in [-0.15, -0.1) is 0 Å². The Morgan fingerprint density at radius 3 is 2.36 bits per heavy atom. The Labute approximate surface area is 149 Å². The second-order valence-corrected chi connectivity index (χ2v) is 6.97. The molecule has 0 aliphatic carbocycles. The quantitative estimate of drug-likeness (QED) is 0.761. The normalized spacial score (nSPS) is 10.8. The second-order valence-electron chi connectivity index (χ2n) is 6.97. The number of hydrogen-bond acceptors (Lipinski definition) is 3. The highest BCUT2D eigenvalue weighted by Crippen LogP contribution is 2.17. The van der Waals surface area contributed by atoms with Crippen molar-refractivity contribution in [2.45, 2.75) is 40.2 Å². The fourth-order valence-electron chi connectivity index (χ4n) is 2.12. The number of carbonyl (C=O) groups excluding carboxylic acids is 3. The van der Waals surface area contributed by atoms with Gasteiger partial charge in [-0.25, -0.2) is 4.79 Å². The number of nitrogens with one attached hydrogen (secondary N) is 3. The number of likely N-dealkylation sites (N-methyl/N-ethyl adjacent to an activating group) is 1. The standard InChI is InChI=1S/C18H28N4O3/c1-7-19-16(24)13-9-8-12(2)14(10-13)20-17(25)22(6)11-15(23)21-18(3,4)5/h8-10H,7,11H2,1-6H3,(H,19,24)(H,20,25)(H,21,23). The molecule has 0 fully saturated rings. The van der Waals surface area contributed by atoms with Crippen LogP contribution < -0.4 is 16.0 Å². The van der Waals surface area contributed by atoms with Crippen molar-refractivity contribution in [2.75, 3.05) is 25.5 Å². The molecule has 7 nitrogen and oxygen atoms in total. The molecule has 7 heteroatoms. The van der Waals surface area contributed by atoms with Crippen LogP contribution in [0.2, 0.25) is 0 Å². The van der Waals surface area contributed by atoms with Crippen molar-refractivity contribution in [3.8, 4) is 0 Å². The van der Waals surface area contributed by atoms with Crippen LogP contribution in [0.4, 0.5) is 10.5 Å². The van der Waals surface area contributed by atoms with Crippen molar-refractivity contribution in [3.63, 3.8) is 0 Å². The van der Waals surface area contributed by atoms with Crippen LogP contribution in [-0.4, -0.2) is 48.4 Å². The average molecular weight is 348 g/mol. The summed E-state index contributed by atoms with van der Waals surface area (Å²) in [6.07, 6.45) is 0. The van der Waals surface area contributed by atoms with Gasteiger partial charge in [0.1, 0.15) is 6.54 Å². The van der Waals surface area contributed by atoms with Crippen molar-refractivity contribution in [2.24, 2.45) is 0 Å². The number of carbonyl (C=O) groups is 3. The molecule has 0 heterocycles. The smallest absolute Gasteiger partial charge is 0.322 e. The molecule has 0 radical (unpaired) electrons. The molecule has 1 rings (SSSR count). The third-order valence-corrected chi connectivity index (χ3v) is 3.32. The summed E-state index contributed by atoms with van der Waals surface area (Å²) in [5, 5.41) is 8.26. The molecular formula is C18H28N4O3. The van der Waals surface area contributed by atoms with Crippen molar-refractivity contribution in [3.05, 3.63) is 29.3 Å². The number of amides is 4. The van der Waals surface area contributed by atoms with Gasteiger partial charge in [0.2, 0.25) is 5.91 Å². The van der Waals surface area contributed by atoms with E-state index in [-0.39, 0.29) is 23.9 Å². The minimum absolute atomic E-state index is 0.0574. The topological polar surface area (TPSA) is 90.5 Å². The minimum atomic E-state index is -0.416. The average Bonchev–Trinajstić information content (AvgIpc) is 2.47. The molecule has 0 atom stereocenters. The lowest BCUT2D eigenvalue weighted by Crippen LogP contribution is -2.47. The van der Waals surface area contributed by atoms with E-state index in [0.717, 1.165) is 5.56 Å². The van der Waals surface area contributed by atoms with Crippen molar-refractivity contribution < 1.29 is 14.4 Å². The van der Waals surface area contributed by atoms with E-state index in [1.165, 1.54) is 4.90 Å². The largest absolute Gasteiger partial charge is 0.352 e. The number of anilines is 1. The van der Waals surface area contributed by atoms with Crippen LogP contribution in [0, 0.1) is 6.92 Å². The molecule has 1 aromatic rings. The zero-order chi connectivity index (χ0) is 19.2. The SMILES string of the molecule is CCNC(=O)c1ccc(C)c(NC(=O)N(C)CC(=O)NC(C)(C)C)c1. The Morgan fingerprint density at radius 1 is 1.16 bits per heavy atom. The lowest BCUT2D eigenvalue weighted by molar-refractivity contribution is -0.122. The summed E-state index contributed by atoms with van der Waals surface area (Å²) >= 11 is 0. The van der Waals surface area contributed by atoms with Gasteiger partial charge in [0.25, 0.3) is 5.91 Å². The van der Waals surface area contributed by atoms with Gasteiger partial charge in [0, 0.05) is 30.4 Å². The Bertz CT molecular complexity index is 650. The van der Waals surface area contributed by atoms with Gasteiger partial charge >= 0.3 is 6.03 Å². The maximum atomic E-state index is 12.3. The first kappa shape index (κ1) is 20.5. The van der Waals surface area contributed by atoms with Gasteiger partial charge < -0.3 is 20.9 Å². The van der Waals surface area contributed by atoms with Crippen LogP contribution in [0.25, 0.3) is 0 Å². The van der Waals surface area contributed by atoms with E-state index in [0.29, 0.717) is 17.8 Å². The first-order valence-electron chi connectivity index (χ1n) is 8.25. The lowest BCUT2D eigenvalue weighted by atomic mass is 10.1. The summed E-state index contributed by atoms with van der Waals surface area (Å²) in [5.41, 5.74) is 1.48. The molecule has 0 bridgehead atoms. The monoisotopic (exact) mass is 348 g/mol. The molecule has 138 valence electrons. The number of aryl methyl sites for hydroxylation is 1. The zero-order valence-electron chi connectivity index (χ0n) is 15.8. The van der Waals surface area contributed by atoms with Crippen LogP contribution in [0.5, 0.6) is 0 Å². The van der Waals surface area contributed by atoms with Crippen molar-refractivity contribution >= 4 is 23.5 Å². The van der Waals surface area contributed by atoms with Crippen LogP contribution in [0.15, 0.2) is 18.2 Å². The Morgan fingerprint density at radius 2 is 1.80 bits per heavy atom. The van der Waals surface area contributed by atoms with E-state index in [4.69, 9.17) is 0 Å². The molecular weight excluding hydrogens is 320 g/mol. The van der Waals surface area contributed by atoms with E-state index >= 15 is 0 Å². The van der Waals surface area contributed by atoms with Crippen LogP contribution >= 0.6 is 0 Å². The molecule has 0 unspecified atom stereocenters. The van der Waals surface area contributed by atoms with E-state index in [1.54, 1.807) is 25.2 Å². The molecule has 0 aliphatic rings. The highest BCUT2D eigenvalue weighted by atomic mass is 16.2.